The molecule has 0 aliphatic carbocycles. The molecule has 27 heavy (non-hydrogen) atoms. The van der Waals surface area contributed by atoms with Crippen LogP contribution >= 0.6 is 0 Å². The Labute approximate surface area is 163 Å². The number of likely N-dealkylation sites (tertiary alicyclic amines) is 1. The van der Waals surface area contributed by atoms with Gasteiger partial charge in [-0.1, -0.05) is 42.5 Å². The SMILES string of the molecule is Cc1ccc(C)c(S(=O)(=O)NCC2CCN(CCc3ccccc3)CC2)c1. The molecule has 0 unspecified atom stereocenters. The maximum Gasteiger partial charge on any atom is 0.240 e. The highest BCUT2D eigenvalue weighted by molar-refractivity contribution is 7.89. The molecule has 0 amide bonds. The molecule has 146 valence electrons. The number of nitrogens with one attached hydrogen (secondary N) is 1. The molecular formula is C22H30N2O2S. The second kappa shape index (κ2) is 9.00. The molecule has 1 aliphatic rings. The minimum absolute atomic E-state index is 0.405. The Balaban J connectivity index is 1.46. The first-order valence-corrected chi connectivity index (χ1v) is 11.3. The third-order valence-corrected chi connectivity index (χ3v) is 7.03. The van der Waals surface area contributed by atoms with Crippen molar-refractivity contribution in [1.82, 2.24) is 9.62 Å². The monoisotopic (exact) mass is 386 g/mol. The van der Waals surface area contributed by atoms with Crippen molar-refractivity contribution in [3.8, 4) is 0 Å². The molecular weight excluding hydrogens is 356 g/mol. The first-order chi connectivity index (χ1) is 12.9. The minimum Gasteiger partial charge on any atom is -0.303 e. The molecule has 0 aromatic heterocycles. The smallest absolute Gasteiger partial charge is 0.240 e. The number of hydrogen-bond acceptors (Lipinski definition) is 3. The average molecular weight is 387 g/mol. The van der Waals surface area contributed by atoms with Gasteiger partial charge in [-0.05, 0) is 74.9 Å². The summed E-state index contributed by atoms with van der Waals surface area (Å²) in [5.41, 5.74) is 3.14. The summed E-state index contributed by atoms with van der Waals surface area (Å²) < 4.78 is 28.1. The van der Waals surface area contributed by atoms with E-state index in [0.29, 0.717) is 17.4 Å². The zero-order chi connectivity index (χ0) is 19.3. The predicted molar refractivity (Wildman–Crippen MR) is 110 cm³/mol. The van der Waals surface area contributed by atoms with Crippen LogP contribution in [0.2, 0.25) is 0 Å². The lowest BCUT2D eigenvalue weighted by molar-refractivity contribution is 0.187. The minimum atomic E-state index is -3.44. The molecule has 3 rings (SSSR count). The van der Waals surface area contributed by atoms with Gasteiger partial charge >= 0.3 is 0 Å². The molecule has 1 saturated heterocycles. The summed E-state index contributed by atoms with van der Waals surface area (Å²) in [4.78, 5) is 2.89. The van der Waals surface area contributed by atoms with Gasteiger partial charge in [-0.2, -0.15) is 0 Å². The molecule has 0 bridgehead atoms. The van der Waals surface area contributed by atoms with Gasteiger partial charge in [0.2, 0.25) is 10.0 Å². The average Bonchev–Trinajstić information content (AvgIpc) is 2.68. The zero-order valence-electron chi connectivity index (χ0n) is 16.3. The molecule has 5 heteroatoms. The lowest BCUT2D eigenvalue weighted by Crippen LogP contribution is -2.39. The molecule has 4 nitrogen and oxygen atoms in total. The van der Waals surface area contributed by atoms with E-state index in [1.165, 1.54) is 5.56 Å². The molecule has 0 spiro atoms. The van der Waals surface area contributed by atoms with Gasteiger partial charge in [-0.25, -0.2) is 13.1 Å². The lowest BCUT2D eigenvalue weighted by Gasteiger charge is -2.32. The van der Waals surface area contributed by atoms with E-state index in [9.17, 15) is 8.42 Å². The fourth-order valence-corrected chi connectivity index (χ4v) is 5.09. The van der Waals surface area contributed by atoms with Crippen LogP contribution in [0.5, 0.6) is 0 Å². The van der Waals surface area contributed by atoms with Crippen molar-refractivity contribution >= 4 is 10.0 Å². The molecule has 1 fully saturated rings. The van der Waals surface area contributed by atoms with Crippen LogP contribution in [0.15, 0.2) is 53.4 Å². The molecule has 1 aliphatic heterocycles. The number of aryl methyl sites for hydroxylation is 2. The summed E-state index contributed by atoms with van der Waals surface area (Å²) in [5.74, 6) is 0.415. The number of piperidine rings is 1. The second-order valence-corrected chi connectivity index (χ2v) is 9.38. The van der Waals surface area contributed by atoms with E-state index in [-0.39, 0.29) is 0 Å². The normalized spacial score (nSPS) is 16.5. The van der Waals surface area contributed by atoms with E-state index in [1.54, 1.807) is 6.07 Å². The van der Waals surface area contributed by atoms with Crippen LogP contribution in [-0.2, 0) is 16.4 Å². The summed E-state index contributed by atoms with van der Waals surface area (Å²) in [6, 6.07) is 16.1. The fourth-order valence-electron chi connectivity index (χ4n) is 3.65. The first kappa shape index (κ1) is 20.1. The van der Waals surface area contributed by atoms with Crippen molar-refractivity contribution in [2.75, 3.05) is 26.2 Å². The van der Waals surface area contributed by atoms with Crippen LogP contribution < -0.4 is 4.72 Å². The summed E-state index contributed by atoms with van der Waals surface area (Å²) in [7, 11) is -3.44. The van der Waals surface area contributed by atoms with Crippen LogP contribution in [-0.4, -0.2) is 39.5 Å². The summed E-state index contributed by atoms with van der Waals surface area (Å²) in [6.45, 7) is 7.46. The van der Waals surface area contributed by atoms with Gasteiger partial charge in [0, 0.05) is 13.1 Å². The molecule has 1 heterocycles. The van der Waals surface area contributed by atoms with E-state index in [0.717, 1.165) is 50.0 Å². The van der Waals surface area contributed by atoms with E-state index >= 15 is 0 Å². The number of nitrogens with zero attached hydrogens (tertiary/aromatic N) is 1. The van der Waals surface area contributed by atoms with Gasteiger partial charge in [0.05, 0.1) is 4.90 Å². The maximum atomic E-state index is 12.7. The van der Waals surface area contributed by atoms with E-state index in [1.807, 2.05) is 32.0 Å². The van der Waals surface area contributed by atoms with E-state index in [4.69, 9.17) is 0 Å². The summed E-state index contributed by atoms with van der Waals surface area (Å²) in [6.07, 6.45) is 3.17. The molecule has 2 aromatic carbocycles. The number of rotatable bonds is 7. The van der Waals surface area contributed by atoms with Crippen LogP contribution in [0.3, 0.4) is 0 Å². The summed E-state index contributed by atoms with van der Waals surface area (Å²) in [5, 5.41) is 0. The predicted octanol–water partition coefficient (Wildman–Crippen LogP) is 3.54. The van der Waals surface area contributed by atoms with Gasteiger partial charge in [0.1, 0.15) is 0 Å². The Morgan fingerprint density at radius 3 is 2.44 bits per heavy atom. The largest absolute Gasteiger partial charge is 0.303 e. The number of benzene rings is 2. The van der Waals surface area contributed by atoms with Crippen molar-refractivity contribution in [2.45, 2.75) is 38.0 Å². The lowest BCUT2D eigenvalue weighted by atomic mass is 9.97. The molecule has 1 N–H and O–H groups in total. The highest BCUT2D eigenvalue weighted by atomic mass is 32.2. The molecule has 0 radical (unpaired) electrons. The second-order valence-electron chi connectivity index (χ2n) is 7.64. The van der Waals surface area contributed by atoms with Crippen LogP contribution in [0, 0.1) is 19.8 Å². The van der Waals surface area contributed by atoms with Crippen LogP contribution in [0.25, 0.3) is 0 Å². The van der Waals surface area contributed by atoms with Gasteiger partial charge in [-0.3, -0.25) is 0 Å². The van der Waals surface area contributed by atoms with E-state index in [2.05, 4.69) is 33.9 Å². The van der Waals surface area contributed by atoms with Crippen molar-refractivity contribution in [2.24, 2.45) is 5.92 Å². The number of hydrogen-bond donors (Lipinski definition) is 1. The zero-order valence-corrected chi connectivity index (χ0v) is 17.1. The fraction of sp³-hybridized carbons (Fsp3) is 0.455. The Hall–Kier alpha value is -1.69. The Kier molecular flexibility index (Phi) is 6.68. The van der Waals surface area contributed by atoms with Crippen LogP contribution in [0.1, 0.15) is 29.5 Å². The van der Waals surface area contributed by atoms with Gasteiger partial charge < -0.3 is 4.90 Å². The van der Waals surface area contributed by atoms with Crippen molar-refractivity contribution in [3.63, 3.8) is 0 Å². The summed E-state index contributed by atoms with van der Waals surface area (Å²) >= 11 is 0. The van der Waals surface area contributed by atoms with Crippen molar-refractivity contribution < 1.29 is 8.42 Å². The highest BCUT2D eigenvalue weighted by Crippen LogP contribution is 2.20. The van der Waals surface area contributed by atoms with E-state index < -0.39 is 10.0 Å². The third-order valence-electron chi connectivity index (χ3n) is 5.46. The van der Waals surface area contributed by atoms with Gasteiger partial charge in [0.25, 0.3) is 0 Å². The molecule has 0 saturated carbocycles. The Bertz CT molecular complexity index is 842. The van der Waals surface area contributed by atoms with Gasteiger partial charge in [0.15, 0.2) is 0 Å². The maximum absolute atomic E-state index is 12.7. The Morgan fingerprint density at radius 1 is 1.04 bits per heavy atom. The Morgan fingerprint density at radius 2 is 1.74 bits per heavy atom. The van der Waals surface area contributed by atoms with Gasteiger partial charge in [-0.15, -0.1) is 0 Å². The van der Waals surface area contributed by atoms with Crippen molar-refractivity contribution in [1.29, 1.82) is 0 Å². The molecule has 2 aromatic rings. The highest BCUT2D eigenvalue weighted by Gasteiger charge is 2.22. The van der Waals surface area contributed by atoms with Crippen LogP contribution in [0.4, 0.5) is 0 Å². The quantitative estimate of drug-likeness (QED) is 0.792. The first-order valence-electron chi connectivity index (χ1n) is 9.77. The number of sulfonamides is 1. The molecule has 0 atom stereocenters. The topological polar surface area (TPSA) is 49.4 Å². The standard InChI is InChI=1S/C22H30N2O2S/c1-18-8-9-19(2)22(16-18)27(25,26)23-17-21-11-14-24(15-12-21)13-10-20-6-4-3-5-7-20/h3-9,16,21,23H,10-15,17H2,1-2H3. The third kappa shape index (κ3) is 5.64. The van der Waals surface area contributed by atoms with Crippen molar-refractivity contribution in [3.05, 3.63) is 65.2 Å².